The lowest BCUT2D eigenvalue weighted by Crippen LogP contribution is -2.40. The number of aryl methyl sites for hydroxylation is 2. The highest BCUT2D eigenvalue weighted by Gasteiger charge is 2.22. The van der Waals surface area contributed by atoms with E-state index in [0.717, 1.165) is 4.88 Å². The molecule has 2 amide bonds. The zero-order valence-corrected chi connectivity index (χ0v) is 16.0. The number of hydrogen-bond acceptors (Lipinski definition) is 7. The van der Waals surface area contributed by atoms with Gasteiger partial charge >= 0.3 is 0 Å². The van der Waals surface area contributed by atoms with Gasteiger partial charge < -0.3 is 15.0 Å². The van der Waals surface area contributed by atoms with Crippen LogP contribution in [0.1, 0.15) is 20.8 Å². The van der Waals surface area contributed by atoms with Crippen molar-refractivity contribution in [3.8, 4) is 0 Å². The van der Waals surface area contributed by atoms with E-state index in [0.29, 0.717) is 10.7 Å². The van der Waals surface area contributed by atoms with Crippen LogP contribution in [0.4, 0.5) is 10.8 Å². The van der Waals surface area contributed by atoms with E-state index in [1.165, 1.54) is 41.5 Å². The smallest absolute Gasteiger partial charge is 0.273 e. The van der Waals surface area contributed by atoms with Gasteiger partial charge in [-0.25, -0.2) is 4.98 Å². The van der Waals surface area contributed by atoms with Gasteiger partial charge in [0.2, 0.25) is 5.91 Å². The normalized spacial score (nSPS) is 10.5. The van der Waals surface area contributed by atoms with Gasteiger partial charge in [-0.1, -0.05) is 6.07 Å². The Bertz CT molecular complexity index is 852. The van der Waals surface area contributed by atoms with E-state index in [1.54, 1.807) is 13.1 Å². The number of amides is 2. The molecule has 0 bridgehead atoms. The highest BCUT2D eigenvalue weighted by Crippen LogP contribution is 2.20. The molecule has 1 heterocycles. The molecule has 0 aliphatic carbocycles. The summed E-state index contributed by atoms with van der Waals surface area (Å²) in [6.07, 6.45) is 1.64. The molecule has 1 aromatic carbocycles. The van der Waals surface area contributed by atoms with Crippen molar-refractivity contribution < 1.29 is 19.2 Å². The predicted octanol–water partition coefficient (Wildman–Crippen LogP) is 2.40. The van der Waals surface area contributed by atoms with Crippen LogP contribution in [0.25, 0.3) is 0 Å². The minimum Gasteiger partial charge on any atom is -0.383 e. The molecule has 0 saturated carbocycles. The number of carbonyl (C=O) groups is 2. The summed E-state index contributed by atoms with van der Waals surface area (Å²) >= 11 is 1.33. The fourth-order valence-electron chi connectivity index (χ4n) is 2.32. The number of hydrogen-bond donors (Lipinski definition) is 1. The molecule has 27 heavy (non-hydrogen) atoms. The molecule has 0 spiro atoms. The van der Waals surface area contributed by atoms with Crippen molar-refractivity contribution in [2.24, 2.45) is 0 Å². The fraction of sp³-hybridized carbons (Fsp3) is 0.353. The molecule has 0 saturated heterocycles. The second-order valence-electron chi connectivity index (χ2n) is 5.80. The van der Waals surface area contributed by atoms with Crippen molar-refractivity contribution in [3.63, 3.8) is 0 Å². The van der Waals surface area contributed by atoms with E-state index in [2.05, 4.69) is 10.3 Å². The van der Waals surface area contributed by atoms with Gasteiger partial charge in [0.15, 0.2) is 5.13 Å². The molecule has 1 N–H and O–H groups in total. The zero-order chi connectivity index (χ0) is 20.0. The third kappa shape index (κ3) is 5.56. The topological polar surface area (TPSA) is 115 Å². The number of nitrogens with one attached hydrogen (secondary N) is 1. The molecule has 144 valence electrons. The Morgan fingerprint density at radius 2 is 2.11 bits per heavy atom. The SMILES string of the molecule is COCCN(CC(=O)Nc1ncc(C)s1)C(=O)c1ccc(C)c([N+](=O)[O-])c1. The number of aromatic nitrogens is 1. The van der Waals surface area contributed by atoms with Crippen molar-refractivity contribution in [3.05, 3.63) is 50.5 Å². The molecule has 0 radical (unpaired) electrons. The summed E-state index contributed by atoms with van der Waals surface area (Å²) in [4.78, 5) is 41.9. The van der Waals surface area contributed by atoms with E-state index in [9.17, 15) is 19.7 Å². The average molecular weight is 392 g/mol. The number of anilines is 1. The van der Waals surface area contributed by atoms with E-state index >= 15 is 0 Å². The predicted molar refractivity (Wildman–Crippen MR) is 101 cm³/mol. The first kappa shape index (κ1) is 20.5. The van der Waals surface area contributed by atoms with Crippen molar-refractivity contribution in [1.29, 1.82) is 0 Å². The van der Waals surface area contributed by atoms with Crippen LogP contribution in [0.5, 0.6) is 0 Å². The van der Waals surface area contributed by atoms with Gasteiger partial charge in [0.25, 0.3) is 11.6 Å². The average Bonchev–Trinajstić information content (AvgIpc) is 3.02. The quantitative estimate of drug-likeness (QED) is 0.545. The number of nitro benzene ring substituents is 1. The summed E-state index contributed by atoms with van der Waals surface area (Å²) in [5, 5.41) is 14.2. The molecule has 0 unspecified atom stereocenters. The monoisotopic (exact) mass is 392 g/mol. The molecule has 0 aliphatic rings. The Labute approximate surface area is 160 Å². The van der Waals surface area contributed by atoms with Crippen LogP contribution >= 0.6 is 11.3 Å². The maximum Gasteiger partial charge on any atom is 0.273 e. The number of thiazole rings is 1. The van der Waals surface area contributed by atoms with Crippen LogP contribution in [0.2, 0.25) is 0 Å². The minimum atomic E-state index is -0.539. The van der Waals surface area contributed by atoms with Crippen LogP contribution < -0.4 is 5.32 Å². The van der Waals surface area contributed by atoms with Gasteiger partial charge in [-0.15, -0.1) is 11.3 Å². The van der Waals surface area contributed by atoms with Crippen LogP contribution in [-0.4, -0.2) is 53.4 Å². The summed E-state index contributed by atoms with van der Waals surface area (Å²) in [5.41, 5.74) is 0.452. The molecule has 2 rings (SSSR count). The lowest BCUT2D eigenvalue weighted by atomic mass is 10.1. The van der Waals surface area contributed by atoms with Gasteiger partial charge in [0.1, 0.15) is 6.54 Å². The Balaban J connectivity index is 2.16. The number of rotatable bonds is 8. The first-order valence-corrected chi connectivity index (χ1v) is 8.89. The summed E-state index contributed by atoms with van der Waals surface area (Å²) < 4.78 is 5.00. The van der Waals surface area contributed by atoms with Crippen molar-refractivity contribution in [2.45, 2.75) is 13.8 Å². The maximum absolute atomic E-state index is 12.8. The highest BCUT2D eigenvalue weighted by molar-refractivity contribution is 7.15. The van der Waals surface area contributed by atoms with Crippen LogP contribution in [0.15, 0.2) is 24.4 Å². The van der Waals surface area contributed by atoms with Crippen LogP contribution in [0.3, 0.4) is 0 Å². The number of benzene rings is 1. The van der Waals surface area contributed by atoms with Gasteiger partial charge in [-0.3, -0.25) is 19.7 Å². The first-order valence-electron chi connectivity index (χ1n) is 8.07. The summed E-state index contributed by atoms with van der Waals surface area (Å²) in [7, 11) is 1.48. The molecular weight excluding hydrogens is 372 g/mol. The standard InChI is InChI=1S/C17H20N4O5S/c1-11-4-5-13(8-14(11)21(24)25)16(23)20(6-7-26-3)10-15(22)19-17-18-9-12(2)27-17/h4-5,8-9H,6-7,10H2,1-3H3,(H,18,19,22). The number of ether oxygens (including phenoxy) is 1. The van der Waals surface area contributed by atoms with Gasteiger partial charge in [0.05, 0.1) is 11.5 Å². The second-order valence-corrected chi connectivity index (χ2v) is 7.04. The van der Waals surface area contributed by atoms with Gasteiger partial charge in [-0.05, 0) is 19.9 Å². The Morgan fingerprint density at radius 1 is 1.37 bits per heavy atom. The van der Waals surface area contributed by atoms with Gasteiger partial charge in [0, 0.05) is 41.9 Å². The second kappa shape index (κ2) is 9.19. The number of nitrogens with zero attached hydrogens (tertiary/aromatic N) is 3. The number of carbonyl (C=O) groups excluding carboxylic acids is 2. The third-order valence-electron chi connectivity index (χ3n) is 3.71. The van der Waals surface area contributed by atoms with Crippen molar-refractivity contribution in [1.82, 2.24) is 9.88 Å². The Kier molecular flexibility index (Phi) is 6.97. The molecule has 9 nitrogen and oxygen atoms in total. The lowest BCUT2D eigenvalue weighted by Gasteiger charge is -2.21. The largest absolute Gasteiger partial charge is 0.383 e. The highest BCUT2D eigenvalue weighted by atomic mass is 32.1. The lowest BCUT2D eigenvalue weighted by molar-refractivity contribution is -0.385. The first-order chi connectivity index (χ1) is 12.8. The molecule has 0 fully saturated rings. The third-order valence-corrected chi connectivity index (χ3v) is 4.54. The molecular formula is C17H20N4O5S. The van der Waals surface area contributed by atoms with E-state index in [4.69, 9.17) is 4.74 Å². The Morgan fingerprint density at radius 3 is 2.70 bits per heavy atom. The molecule has 0 aliphatic heterocycles. The molecule has 2 aromatic rings. The Hall–Kier alpha value is -2.85. The summed E-state index contributed by atoms with van der Waals surface area (Å²) in [6, 6.07) is 4.24. The summed E-state index contributed by atoms with van der Waals surface area (Å²) in [5.74, 6) is -0.893. The van der Waals surface area contributed by atoms with Crippen LogP contribution in [-0.2, 0) is 9.53 Å². The van der Waals surface area contributed by atoms with Crippen molar-refractivity contribution in [2.75, 3.05) is 32.1 Å². The van der Waals surface area contributed by atoms with E-state index < -0.39 is 16.7 Å². The number of methoxy groups -OCH3 is 1. The van der Waals surface area contributed by atoms with Crippen LogP contribution in [0, 0.1) is 24.0 Å². The minimum absolute atomic E-state index is 0.140. The molecule has 10 heteroatoms. The maximum atomic E-state index is 12.8. The van der Waals surface area contributed by atoms with E-state index in [-0.39, 0.29) is 30.9 Å². The fourth-order valence-corrected chi connectivity index (χ4v) is 3.00. The van der Waals surface area contributed by atoms with Crippen molar-refractivity contribution >= 4 is 34.0 Å². The zero-order valence-electron chi connectivity index (χ0n) is 15.2. The van der Waals surface area contributed by atoms with E-state index in [1.807, 2.05) is 6.92 Å². The summed E-state index contributed by atoms with van der Waals surface area (Å²) in [6.45, 7) is 3.64. The van der Waals surface area contributed by atoms with Gasteiger partial charge in [-0.2, -0.15) is 0 Å². The molecule has 0 atom stereocenters. The number of nitro groups is 1. The molecule has 1 aromatic heterocycles.